The number of Topliss-reactive ketones (excluding diaryl/α,β-unsaturated/α-hetero) is 1. The van der Waals surface area contributed by atoms with E-state index in [1.807, 2.05) is 0 Å². The molecule has 0 aromatic carbocycles. The fourth-order valence-electron chi connectivity index (χ4n) is 2.22. The maximum Gasteiger partial charge on any atom is 0.135 e. The van der Waals surface area contributed by atoms with Crippen molar-refractivity contribution in [2.45, 2.75) is 64.9 Å². The monoisotopic (exact) mass is 212 g/mol. The van der Waals surface area contributed by atoms with Crippen molar-refractivity contribution < 1.29 is 9.53 Å². The average Bonchev–Trinajstić information content (AvgIpc) is 2.71. The van der Waals surface area contributed by atoms with E-state index < -0.39 is 0 Å². The van der Waals surface area contributed by atoms with Crippen molar-refractivity contribution in [3.05, 3.63) is 0 Å². The van der Waals surface area contributed by atoms with Gasteiger partial charge in [0.05, 0.1) is 6.10 Å². The van der Waals surface area contributed by atoms with Gasteiger partial charge in [-0.1, -0.05) is 20.3 Å². The van der Waals surface area contributed by atoms with Crippen LogP contribution in [-0.4, -0.2) is 18.5 Å². The van der Waals surface area contributed by atoms with Crippen LogP contribution in [0.4, 0.5) is 0 Å². The van der Waals surface area contributed by atoms with Gasteiger partial charge in [-0.15, -0.1) is 0 Å². The number of ether oxygens (including phenoxy) is 1. The summed E-state index contributed by atoms with van der Waals surface area (Å²) in [5.74, 6) is 0.703. The highest BCUT2D eigenvalue weighted by Crippen LogP contribution is 2.19. The van der Waals surface area contributed by atoms with Gasteiger partial charge in [0.2, 0.25) is 0 Å². The zero-order valence-corrected chi connectivity index (χ0v) is 10.1. The lowest BCUT2D eigenvalue weighted by molar-refractivity contribution is -0.122. The molecule has 1 saturated heterocycles. The summed E-state index contributed by atoms with van der Waals surface area (Å²) in [5, 5.41) is 0. The fourth-order valence-corrected chi connectivity index (χ4v) is 2.22. The molecule has 0 radical (unpaired) electrons. The summed E-state index contributed by atoms with van der Waals surface area (Å²) in [6, 6.07) is 0. The molecular formula is C13H24O2. The largest absolute Gasteiger partial charge is 0.378 e. The normalized spacial score (nSPS) is 22.9. The van der Waals surface area contributed by atoms with Gasteiger partial charge in [0.15, 0.2) is 0 Å². The molecule has 2 heteroatoms. The van der Waals surface area contributed by atoms with E-state index >= 15 is 0 Å². The molecule has 2 nitrogen and oxygen atoms in total. The summed E-state index contributed by atoms with van der Waals surface area (Å²) in [4.78, 5) is 11.7. The minimum Gasteiger partial charge on any atom is -0.378 e. The molecule has 0 bridgehead atoms. The molecule has 1 rings (SSSR count). The predicted molar refractivity (Wildman–Crippen MR) is 61.9 cm³/mol. The lowest BCUT2D eigenvalue weighted by Gasteiger charge is -2.11. The van der Waals surface area contributed by atoms with Gasteiger partial charge in [-0.3, -0.25) is 4.79 Å². The Hall–Kier alpha value is -0.370. The van der Waals surface area contributed by atoms with Crippen LogP contribution in [-0.2, 0) is 9.53 Å². The first-order valence-corrected chi connectivity index (χ1v) is 6.38. The summed E-state index contributed by atoms with van der Waals surface area (Å²) in [6.07, 6.45) is 7.82. The Morgan fingerprint density at radius 3 is 2.93 bits per heavy atom. The van der Waals surface area contributed by atoms with Crippen LogP contribution in [0.15, 0.2) is 0 Å². The summed E-state index contributed by atoms with van der Waals surface area (Å²) in [6.45, 7) is 5.11. The SMILES string of the molecule is CCCC(C)C(=O)CCCC1CCCO1. The summed E-state index contributed by atoms with van der Waals surface area (Å²) in [5.41, 5.74) is 0. The summed E-state index contributed by atoms with van der Waals surface area (Å²) >= 11 is 0. The van der Waals surface area contributed by atoms with Gasteiger partial charge in [-0.25, -0.2) is 0 Å². The van der Waals surface area contributed by atoms with Crippen LogP contribution in [0.3, 0.4) is 0 Å². The molecule has 1 heterocycles. The first kappa shape index (κ1) is 12.7. The first-order chi connectivity index (χ1) is 7.24. The Bertz CT molecular complexity index is 183. The van der Waals surface area contributed by atoms with E-state index in [4.69, 9.17) is 4.74 Å². The molecule has 0 saturated carbocycles. The number of carbonyl (C=O) groups is 1. The molecule has 1 fully saturated rings. The van der Waals surface area contributed by atoms with Crippen molar-refractivity contribution in [1.82, 2.24) is 0 Å². The van der Waals surface area contributed by atoms with Crippen LogP contribution >= 0.6 is 0 Å². The second kappa shape index (κ2) is 7.00. The molecular weight excluding hydrogens is 188 g/mol. The molecule has 1 aliphatic rings. The zero-order chi connectivity index (χ0) is 11.1. The van der Waals surface area contributed by atoms with E-state index in [9.17, 15) is 4.79 Å². The second-order valence-electron chi connectivity index (χ2n) is 4.68. The lowest BCUT2D eigenvalue weighted by atomic mass is 9.96. The number of ketones is 1. The lowest BCUT2D eigenvalue weighted by Crippen LogP contribution is -2.12. The molecule has 1 aliphatic heterocycles. The topological polar surface area (TPSA) is 26.3 Å². The van der Waals surface area contributed by atoms with Crippen molar-refractivity contribution in [2.75, 3.05) is 6.61 Å². The second-order valence-corrected chi connectivity index (χ2v) is 4.68. The maximum atomic E-state index is 11.7. The van der Waals surface area contributed by atoms with Crippen LogP contribution < -0.4 is 0 Å². The maximum absolute atomic E-state index is 11.7. The molecule has 88 valence electrons. The number of carbonyl (C=O) groups excluding carboxylic acids is 1. The third-order valence-electron chi connectivity index (χ3n) is 3.24. The number of hydrogen-bond donors (Lipinski definition) is 0. The third-order valence-corrected chi connectivity index (χ3v) is 3.24. The van der Waals surface area contributed by atoms with E-state index in [1.54, 1.807) is 0 Å². The molecule has 0 N–H and O–H groups in total. The highest BCUT2D eigenvalue weighted by Gasteiger charge is 2.16. The Labute approximate surface area is 93.4 Å². The number of rotatable bonds is 7. The van der Waals surface area contributed by atoms with Crippen LogP contribution in [0.2, 0.25) is 0 Å². The van der Waals surface area contributed by atoms with Gasteiger partial charge in [0.25, 0.3) is 0 Å². The van der Waals surface area contributed by atoms with Gasteiger partial charge in [0, 0.05) is 18.9 Å². The van der Waals surface area contributed by atoms with Crippen LogP contribution in [0.5, 0.6) is 0 Å². The fraction of sp³-hybridized carbons (Fsp3) is 0.923. The Morgan fingerprint density at radius 2 is 2.33 bits per heavy atom. The molecule has 0 aromatic rings. The predicted octanol–water partition coefficient (Wildman–Crippen LogP) is 3.34. The molecule has 0 aromatic heterocycles. The molecule has 2 atom stereocenters. The van der Waals surface area contributed by atoms with Crippen molar-refractivity contribution in [2.24, 2.45) is 5.92 Å². The summed E-state index contributed by atoms with van der Waals surface area (Å²) in [7, 11) is 0. The molecule has 0 aliphatic carbocycles. The summed E-state index contributed by atoms with van der Waals surface area (Å²) < 4.78 is 5.53. The Morgan fingerprint density at radius 1 is 1.53 bits per heavy atom. The van der Waals surface area contributed by atoms with Crippen molar-refractivity contribution in [3.63, 3.8) is 0 Å². The molecule has 0 amide bonds. The van der Waals surface area contributed by atoms with E-state index in [2.05, 4.69) is 13.8 Å². The molecule has 0 spiro atoms. The van der Waals surface area contributed by atoms with Crippen LogP contribution in [0, 0.1) is 5.92 Å². The van der Waals surface area contributed by atoms with Crippen molar-refractivity contribution in [3.8, 4) is 0 Å². The minimum absolute atomic E-state index is 0.263. The zero-order valence-electron chi connectivity index (χ0n) is 10.1. The Kier molecular flexibility index (Phi) is 5.92. The van der Waals surface area contributed by atoms with Gasteiger partial charge >= 0.3 is 0 Å². The molecule has 15 heavy (non-hydrogen) atoms. The van der Waals surface area contributed by atoms with E-state index in [0.717, 1.165) is 38.7 Å². The van der Waals surface area contributed by atoms with Crippen molar-refractivity contribution in [1.29, 1.82) is 0 Å². The highest BCUT2D eigenvalue weighted by atomic mass is 16.5. The highest BCUT2D eigenvalue weighted by molar-refractivity contribution is 5.80. The van der Waals surface area contributed by atoms with Gasteiger partial charge in [0.1, 0.15) is 5.78 Å². The smallest absolute Gasteiger partial charge is 0.135 e. The molecule has 2 unspecified atom stereocenters. The van der Waals surface area contributed by atoms with E-state index in [-0.39, 0.29) is 5.92 Å². The van der Waals surface area contributed by atoms with Gasteiger partial charge < -0.3 is 4.74 Å². The van der Waals surface area contributed by atoms with Crippen LogP contribution in [0.1, 0.15) is 58.8 Å². The van der Waals surface area contributed by atoms with Crippen molar-refractivity contribution >= 4 is 5.78 Å². The van der Waals surface area contributed by atoms with Crippen LogP contribution in [0.25, 0.3) is 0 Å². The minimum atomic E-state index is 0.263. The quantitative estimate of drug-likeness (QED) is 0.647. The number of hydrogen-bond acceptors (Lipinski definition) is 2. The van der Waals surface area contributed by atoms with Gasteiger partial charge in [-0.05, 0) is 32.1 Å². The third kappa shape index (κ3) is 4.78. The Balaban J connectivity index is 2.05. The first-order valence-electron chi connectivity index (χ1n) is 6.38. The van der Waals surface area contributed by atoms with E-state index in [0.29, 0.717) is 11.9 Å². The van der Waals surface area contributed by atoms with Gasteiger partial charge in [-0.2, -0.15) is 0 Å². The standard InChI is InChI=1S/C13H24O2/c1-3-6-11(2)13(14)9-4-7-12-8-5-10-15-12/h11-12H,3-10H2,1-2H3. The average molecular weight is 212 g/mol. The van der Waals surface area contributed by atoms with E-state index in [1.165, 1.54) is 12.8 Å².